The summed E-state index contributed by atoms with van der Waals surface area (Å²) >= 11 is 6.45. The minimum Gasteiger partial charge on any atom is -0.454 e. The van der Waals surface area contributed by atoms with Crippen LogP contribution in [0.25, 0.3) is 11.0 Å². The number of pyridine rings is 1. The number of anilines is 1. The Bertz CT molecular complexity index is 1510. The Morgan fingerprint density at radius 1 is 1.30 bits per heavy atom. The van der Waals surface area contributed by atoms with E-state index in [1.807, 2.05) is 0 Å². The molecule has 8 nitrogen and oxygen atoms in total. The van der Waals surface area contributed by atoms with E-state index < -0.39 is 5.82 Å². The summed E-state index contributed by atoms with van der Waals surface area (Å²) in [6, 6.07) is 12.5. The van der Waals surface area contributed by atoms with Crippen molar-refractivity contribution >= 4 is 34.1 Å². The molecule has 3 heterocycles. The second kappa shape index (κ2) is 10.6. The molecule has 4 aromatic rings. The molecular weight excluding hydrogens is 499 g/mol. The number of benzene rings is 2. The van der Waals surface area contributed by atoms with Gasteiger partial charge in [-0.2, -0.15) is 5.26 Å². The molecule has 1 fully saturated rings. The Balaban J connectivity index is 1.47. The molecule has 1 saturated heterocycles. The number of para-hydroxylation sites is 1. The Labute approximate surface area is 216 Å². The highest BCUT2D eigenvalue weighted by atomic mass is 35.5. The van der Waals surface area contributed by atoms with Crippen LogP contribution in [-0.4, -0.2) is 46.2 Å². The highest BCUT2D eigenvalue weighted by Crippen LogP contribution is 2.34. The lowest BCUT2D eigenvalue weighted by Crippen LogP contribution is -2.36. The lowest BCUT2D eigenvalue weighted by molar-refractivity contribution is -0.0223. The molecule has 10 heteroatoms. The molecule has 0 bridgehead atoms. The van der Waals surface area contributed by atoms with Crippen LogP contribution in [0, 0.1) is 17.1 Å². The number of aliphatic hydroxyl groups is 1. The van der Waals surface area contributed by atoms with Crippen molar-refractivity contribution in [2.45, 2.75) is 25.0 Å². The van der Waals surface area contributed by atoms with Gasteiger partial charge in [0.2, 0.25) is 0 Å². The monoisotopic (exact) mass is 520 g/mol. The van der Waals surface area contributed by atoms with Crippen LogP contribution in [0.2, 0.25) is 5.02 Å². The third kappa shape index (κ3) is 5.00. The summed E-state index contributed by atoms with van der Waals surface area (Å²) in [7, 11) is 0. The average molecular weight is 521 g/mol. The summed E-state index contributed by atoms with van der Waals surface area (Å²) in [6.07, 6.45) is 4.16. The summed E-state index contributed by atoms with van der Waals surface area (Å²) in [5, 5.41) is 23.0. The number of hydrogen-bond donors (Lipinski definition) is 3. The number of aliphatic hydroxyl groups excluding tert-OH is 1. The Morgan fingerprint density at radius 2 is 2.14 bits per heavy atom. The normalized spacial score (nSPS) is 17.4. The Kier molecular flexibility index (Phi) is 7.06. The number of nitrogens with one attached hydrogen (secondary N) is 2. The molecule has 2 aromatic carbocycles. The van der Waals surface area contributed by atoms with E-state index in [2.05, 4.69) is 21.4 Å². The number of aromatic amines is 1. The van der Waals surface area contributed by atoms with E-state index in [4.69, 9.17) is 21.1 Å². The van der Waals surface area contributed by atoms with E-state index in [1.165, 1.54) is 42.7 Å². The summed E-state index contributed by atoms with van der Waals surface area (Å²) in [4.78, 5) is 20.9. The van der Waals surface area contributed by atoms with Gasteiger partial charge in [-0.3, -0.25) is 4.79 Å². The molecule has 0 saturated carbocycles. The van der Waals surface area contributed by atoms with Crippen molar-refractivity contribution in [2.75, 3.05) is 18.5 Å². The fourth-order valence-electron chi connectivity index (χ4n) is 4.32. The highest BCUT2D eigenvalue weighted by molar-refractivity contribution is 6.36. The predicted octanol–water partition coefficient (Wildman–Crippen LogP) is 5.20. The average Bonchev–Trinajstić information content (AvgIpc) is 3.35. The summed E-state index contributed by atoms with van der Waals surface area (Å²) in [5.74, 6) is -0.584. The van der Waals surface area contributed by atoms with E-state index in [-0.39, 0.29) is 57.7 Å². The fraction of sp³-hybridized carbons (Fsp3) is 0.222. The molecule has 0 unspecified atom stereocenters. The molecule has 0 amide bonds. The molecule has 0 spiro atoms. The van der Waals surface area contributed by atoms with Crippen molar-refractivity contribution in [1.29, 1.82) is 5.26 Å². The second-order valence-electron chi connectivity index (χ2n) is 8.64. The van der Waals surface area contributed by atoms with Crippen molar-refractivity contribution in [2.24, 2.45) is 0 Å². The predicted molar refractivity (Wildman–Crippen MR) is 136 cm³/mol. The lowest BCUT2D eigenvalue weighted by atomic mass is 10.00. The molecular formula is C27H22ClFN4O4. The third-order valence-corrected chi connectivity index (χ3v) is 6.55. The van der Waals surface area contributed by atoms with Gasteiger partial charge in [0, 0.05) is 30.1 Å². The molecule has 1 aliphatic heterocycles. The topological polar surface area (TPSA) is 120 Å². The number of fused-ring (bicyclic) bond motifs is 1. The van der Waals surface area contributed by atoms with Crippen LogP contribution in [-0.2, 0) is 4.74 Å². The standard InChI is InChI=1S/C27H22ClFN4O4/c28-21-9-17(37-23-4-2-1-3-22(23)29)7-8-19(21)26(35)20-12-32-27-24(20)25(15(10-30)11-31-27)33-16-5-6-18(13-34)36-14-16/h1-4,7-9,11-12,16,18,34H,5-6,13-14H2,(H2,31,32,33)/t16-,18+/m1/s1. The van der Waals surface area contributed by atoms with E-state index in [9.17, 15) is 19.6 Å². The van der Waals surface area contributed by atoms with Crippen LogP contribution in [0.1, 0.15) is 34.3 Å². The minimum absolute atomic E-state index is 0.0390. The summed E-state index contributed by atoms with van der Waals surface area (Å²) in [6.45, 7) is 0.305. The molecule has 0 aliphatic carbocycles. The van der Waals surface area contributed by atoms with Crippen molar-refractivity contribution in [3.8, 4) is 17.6 Å². The highest BCUT2D eigenvalue weighted by Gasteiger charge is 2.26. The molecule has 0 radical (unpaired) electrons. The van der Waals surface area contributed by atoms with Crippen molar-refractivity contribution in [3.63, 3.8) is 0 Å². The number of halogens is 2. The first-order valence-electron chi connectivity index (χ1n) is 11.6. The number of carbonyl (C=O) groups is 1. The molecule has 5 rings (SSSR count). The zero-order valence-electron chi connectivity index (χ0n) is 19.5. The third-order valence-electron chi connectivity index (χ3n) is 6.24. The van der Waals surface area contributed by atoms with E-state index in [1.54, 1.807) is 12.1 Å². The number of nitriles is 1. The van der Waals surface area contributed by atoms with Crippen molar-refractivity contribution in [1.82, 2.24) is 9.97 Å². The number of H-pyrrole nitrogens is 1. The maximum absolute atomic E-state index is 14.0. The van der Waals surface area contributed by atoms with Gasteiger partial charge in [-0.25, -0.2) is 9.37 Å². The molecule has 37 heavy (non-hydrogen) atoms. The van der Waals surface area contributed by atoms with E-state index in [0.717, 1.165) is 6.42 Å². The first kappa shape index (κ1) is 24.7. The number of aromatic nitrogens is 2. The summed E-state index contributed by atoms with van der Waals surface area (Å²) < 4.78 is 25.2. The Morgan fingerprint density at radius 3 is 2.84 bits per heavy atom. The van der Waals surface area contributed by atoms with Crippen LogP contribution in [0.3, 0.4) is 0 Å². The van der Waals surface area contributed by atoms with Crippen LogP contribution >= 0.6 is 11.6 Å². The van der Waals surface area contributed by atoms with Gasteiger partial charge < -0.3 is 24.9 Å². The number of ketones is 1. The van der Waals surface area contributed by atoms with Gasteiger partial charge in [-0.1, -0.05) is 23.7 Å². The number of hydrogen-bond acceptors (Lipinski definition) is 7. The van der Waals surface area contributed by atoms with Crippen LogP contribution < -0.4 is 10.1 Å². The van der Waals surface area contributed by atoms with Crippen LogP contribution in [0.15, 0.2) is 54.9 Å². The number of ether oxygens (including phenoxy) is 2. The number of rotatable bonds is 7. The molecule has 1 aliphatic rings. The zero-order chi connectivity index (χ0) is 25.9. The molecule has 3 N–H and O–H groups in total. The Hall–Kier alpha value is -3.97. The van der Waals surface area contributed by atoms with Crippen molar-refractivity contribution in [3.05, 3.63) is 82.4 Å². The van der Waals surface area contributed by atoms with Gasteiger partial charge in [0.1, 0.15) is 17.5 Å². The SMILES string of the molecule is N#Cc1cnc2[nH]cc(C(=O)c3ccc(Oc4ccccc4F)cc3Cl)c2c1N[C@@H]1CC[C@@H](CO)OC1. The van der Waals surface area contributed by atoms with E-state index in [0.29, 0.717) is 29.7 Å². The molecule has 188 valence electrons. The largest absolute Gasteiger partial charge is 0.454 e. The number of carbonyl (C=O) groups excluding carboxylic acids is 1. The van der Waals surface area contributed by atoms with Crippen molar-refractivity contribution < 1.29 is 23.8 Å². The van der Waals surface area contributed by atoms with Gasteiger partial charge in [0.25, 0.3) is 0 Å². The lowest BCUT2D eigenvalue weighted by Gasteiger charge is -2.29. The second-order valence-corrected chi connectivity index (χ2v) is 9.05. The smallest absolute Gasteiger partial charge is 0.196 e. The first-order valence-corrected chi connectivity index (χ1v) is 12.0. The van der Waals surface area contributed by atoms with Gasteiger partial charge >= 0.3 is 0 Å². The quantitative estimate of drug-likeness (QED) is 0.286. The minimum atomic E-state index is -0.520. The fourth-order valence-corrected chi connectivity index (χ4v) is 4.58. The van der Waals surface area contributed by atoms with Gasteiger partial charge in [0.15, 0.2) is 17.3 Å². The first-order chi connectivity index (χ1) is 18.0. The zero-order valence-corrected chi connectivity index (χ0v) is 20.3. The summed E-state index contributed by atoms with van der Waals surface area (Å²) in [5.41, 5.74) is 1.69. The van der Waals surface area contributed by atoms with Gasteiger partial charge in [-0.15, -0.1) is 0 Å². The van der Waals surface area contributed by atoms with E-state index >= 15 is 0 Å². The van der Waals surface area contributed by atoms with Gasteiger partial charge in [-0.05, 0) is 37.1 Å². The van der Waals surface area contributed by atoms with Gasteiger partial charge in [0.05, 0.1) is 46.5 Å². The maximum Gasteiger partial charge on any atom is 0.196 e. The number of nitrogens with zero attached hydrogens (tertiary/aromatic N) is 2. The maximum atomic E-state index is 14.0. The van der Waals surface area contributed by atoms with Crippen LogP contribution in [0.5, 0.6) is 11.5 Å². The molecule has 2 aromatic heterocycles. The van der Waals surface area contributed by atoms with Crippen LogP contribution in [0.4, 0.5) is 10.1 Å². The molecule has 2 atom stereocenters.